The zero-order valence-corrected chi connectivity index (χ0v) is 26.4. The Morgan fingerprint density at radius 1 is 1.02 bits per heavy atom. The molecule has 0 radical (unpaired) electrons. The maximum absolute atomic E-state index is 15.0. The number of methoxy groups -OCH3 is 1. The number of ether oxygens (including phenoxy) is 2. The van der Waals surface area contributed by atoms with Crippen molar-refractivity contribution in [3.05, 3.63) is 23.5 Å². The first-order valence-electron chi connectivity index (χ1n) is 15.5. The van der Waals surface area contributed by atoms with Crippen molar-refractivity contribution in [1.82, 2.24) is 14.9 Å². The Hall–Kier alpha value is -3.14. The van der Waals surface area contributed by atoms with E-state index in [0.29, 0.717) is 42.8 Å². The lowest BCUT2D eigenvalue weighted by Crippen LogP contribution is -2.56. The van der Waals surface area contributed by atoms with E-state index in [1.54, 1.807) is 6.92 Å². The summed E-state index contributed by atoms with van der Waals surface area (Å²) >= 11 is 0. The Morgan fingerprint density at radius 2 is 1.70 bits per heavy atom. The molecule has 1 aliphatic heterocycles. The fraction of sp³-hybridized carbons (Fsp3) is 0.700. The molecule has 5 rings (SSSR count). The highest BCUT2D eigenvalue weighted by molar-refractivity contribution is 7.90. The third-order valence-electron chi connectivity index (χ3n) is 10.2. The Kier molecular flexibility index (Phi) is 9.53. The standard InChI is InChI=1S/C30H39F4N3O8S/c1-29(28(40)41)9-7-19(8-10-29)45-23-13-20(22(44-2)14-21(23)31)26(38)36-25-17-6-5-16(12-17)24(25)27(39)35-18-4-3-11-37(15-18)46(42,43)30(32,33)34/h13-14,16-19,24-25H,3-12,15H2,1-2H3,(H,35,39)(H,36,38)(H,40,41)/t16-,17+,18+,19-,24+,25-,29+/m1/s1. The van der Waals surface area contributed by atoms with Crippen molar-refractivity contribution >= 4 is 27.8 Å². The number of sulfonamides is 1. The Morgan fingerprint density at radius 3 is 2.33 bits per heavy atom. The second-order valence-electron chi connectivity index (χ2n) is 13.2. The van der Waals surface area contributed by atoms with E-state index in [4.69, 9.17) is 9.47 Å². The van der Waals surface area contributed by atoms with Crippen LogP contribution in [-0.2, 0) is 19.6 Å². The molecule has 1 aromatic carbocycles. The van der Waals surface area contributed by atoms with Gasteiger partial charge >= 0.3 is 21.5 Å². The lowest BCUT2D eigenvalue weighted by Gasteiger charge is -2.35. The minimum atomic E-state index is -5.53. The van der Waals surface area contributed by atoms with E-state index in [9.17, 15) is 41.1 Å². The highest BCUT2D eigenvalue weighted by atomic mass is 32.2. The summed E-state index contributed by atoms with van der Waals surface area (Å²) in [6.07, 6.45) is 3.62. The highest BCUT2D eigenvalue weighted by Gasteiger charge is 2.53. The van der Waals surface area contributed by atoms with Gasteiger partial charge in [0.1, 0.15) is 5.75 Å². The van der Waals surface area contributed by atoms with Crippen LogP contribution in [0.2, 0.25) is 0 Å². The highest BCUT2D eigenvalue weighted by Crippen LogP contribution is 2.49. The molecular weight excluding hydrogens is 638 g/mol. The number of fused-ring (bicyclic) bond motifs is 2. The monoisotopic (exact) mass is 677 g/mol. The van der Waals surface area contributed by atoms with Gasteiger partial charge in [0.25, 0.3) is 5.91 Å². The van der Waals surface area contributed by atoms with E-state index in [2.05, 4.69) is 10.6 Å². The number of nitrogens with zero attached hydrogens (tertiary/aromatic N) is 1. The molecule has 16 heteroatoms. The maximum atomic E-state index is 15.0. The fourth-order valence-electron chi connectivity index (χ4n) is 7.54. The molecule has 0 unspecified atom stereocenters. The van der Waals surface area contributed by atoms with E-state index in [1.165, 1.54) is 13.2 Å². The van der Waals surface area contributed by atoms with Crippen LogP contribution in [0, 0.1) is 29.0 Å². The summed E-state index contributed by atoms with van der Waals surface area (Å²) in [4.78, 5) is 38.7. The van der Waals surface area contributed by atoms with E-state index in [-0.39, 0.29) is 41.9 Å². The number of hydrogen-bond donors (Lipinski definition) is 3. The average molecular weight is 678 g/mol. The van der Waals surface area contributed by atoms with Gasteiger partial charge in [-0.15, -0.1) is 0 Å². The number of carboxylic acid groups (broad SMARTS) is 1. The van der Waals surface area contributed by atoms with Gasteiger partial charge in [-0.3, -0.25) is 14.4 Å². The van der Waals surface area contributed by atoms with Gasteiger partial charge in [0.15, 0.2) is 11.6 Å². The number of benzene rings is 1. The van der Waals surface area contributed by atoms with Crippen molar-refractivity contribution in [3.63, 3.8) is 0 Å². The predicted octanol–water partition coefficient (Wildman–Crippen LogP) is 3.82. The maximum Gasteiger partial charge on any atom is 0.511 e. The molecule has 256 valence electrons. The summed E-state index contributed by atoms with van der Waals surface area (Å²) in [5.41, 5.74) is -6.35. The van der Waals surface area contributed by atoms with Crippen LogP contribution in [0.15, 0.2) is 12.1 Å². The zero-order valence-electron chi connectivity index (χ0n) is 25.6. The molecule has 5 atom stereocenters. The third-order valence-corrected chi connectivity index (χ3v) is 11.8. The van der Waals surface area contributed by atoms with Crippen molar-refractivity contribution in [1.29, 1.82) is 0 Å². The molecule has 4 fully saturated rings. The smallest absolute Gasteiger partial charge is 0.496 e. The summed E-state index contributed by atoms with van der Waals surface area (Å²) in [5, 5.41) is 15.1. The van der Waals surface area contributed by atoms with Crippen molar-refractivity contribution in [2.45, 2.75) is 88.4 Å². The Bertz CT molecular complexity index is 1460. The van der Waals surface area contributed by atoms with Gasteiger partial charge < -0.3 is 25.2 Å². The lowest BCUT2D eigenvalue weighted by atomic mass is 9.75. The van der Waals surface area contributed by atoms with Gasteiger partial charge in [-0.25, -0.2) is 12.8 Å². The first-order valence-corrected chi connectivity index (χ1v) is 16.9. The molecule has 11 nitrogen and oxygen atoms in total. The van der Waals surface area contributed by atoms with Crippen LogP contribution in [0.4, 0.5) is 17.6 Å². The molecule has 1 saturated heterocycles. The van der Waals surface area contributed by atoms with Gasteiger partial charge in [0.05, 0.1) is 30.1 Å². The predicted molar refractivity (Wildman–Crippen MR) is 155 cm³/mol. The number of carbonyl (C=O) groups excluding carboxylic acids is 2. The quantitative estimate of drug-likeness (QED) is 0.334. The molecule has 3 aliphatic carbocycles. The second kappa shape index (κ2) is 12.8. The van der Waals surface area contributed by atoms with E-state index in [0.717, 1.165) is 18.9 Å². The normalized spacial score (nSPS) is 31.7. The fourth-order valence-corrected chi connectivity index (χ4v) is 8.58. The van der Waals surface area contributed by atoms with Gasteiger partial charge in [-0.1, -0.05) is 0 Å². The number of nitrogens with one attached hydrogen (secondary N) is 2. The molecule has 1 heterocycles. The van der Waals surface area contributed by atoms with Crippen LogP contribution in [0.1, 0.15) is 75.1 Å². The average Bonchev–Trinajstić information content (AvgIpc) is 3.60. The number of hydrogen-bond acceptors (Lipinski definition) is 7. The molecule has 0 aromatic heterocycles. The van der Waals surface area contributed by atoms with Gasteiger partial charge in [-0.05, 0) is 82.6 Å². The van der Waals surface area contributed by atoms with Crippen LogP contribution in [-0.4, -0.2) is 79.5 Å². The van der Waals surface area contributed by atoms with Crippen LogP contribution in [0.5, 0.6) is 11.5 Å². The molecule has 2 bridgehead atoms. The Balaban J connectivity index is 1.28. The zero-order chi connectivity index (χ0) is 33.6. The minimum absolute atomic E-state index is 0.0210. The number of alkyl halides is 3. The Labute approximate surface area is 264 Å². The van der Waals surface area contributed by atoms with Crippen LogP contribution in [0.3, 0.4) is 0 Å². The lowest BCUT2D eigenvalue weighted by molar-refractivity contribution is -0.150. The largest absolute Gasteiger partial charge is 0.511 e. The molecule has 1 aromatic rings. The van der Waals surface area contributed by atoms with Crippen LogP contribution >= 0.6 is 0 Å². The number of amides is 2. The van der Waals surface area contributed by atoms with Gasteiger partial charge in [0, 0.05) is 31.2 Å². The summed E-state index contributed by atoms with van der Waals surface area (Å²) < 4.78 is 89.8. The van der Waals surface area contributed by atoms with Crippen molar-refractivity contribution in [2.75, 3.05) is 20.2 Å². The van der Waals surface area contributed by atoms with Crippen molar-refractivity contribution in [3.8, 4) is 11.5 Å². The van der Waals surface area contributed by atoms with Crippen LogP contribution < -0.4 is 20.1 Å². The molecular formula is C30H39F4N3O8S. The third kappa shape index (κ3) is 6.64. The second-order valence-corrected chi connectivity index (χ2v) is 15.1. The first kappa shape index (κ1) is 34.2. The number of aliphatic carboxylic acids is 1. The summed E-state index contributed by atoms with van der Waals surface area (Å²) in [7, 11) is -4.25. The van der Waals surface area contributed by atoms with Gasteiger partial charge in [0.2, 0.25) is 5.91 Å². The van der Waals surface area contributed by atoms with Crippen molar-refractivity contribution in [2.24, 2.45) is 23.2 Å². The number of rotatable bonds is 9. The van der Waals surface area contributed by atoms with E-state index >= 15 is 4.39 Å². The number of carboxylic acids is 1. The topological polar surface area (TPSA) is 151 Å². The summed E-state index contributed by atoms with van der Waals surface area (Å²) in [5.74, 6) is -3.79. The molecule has 3 saturated carbocycles. The number of halogens is 4. The minimum Gasteiger partial charge on any atom is -0.496 e. The van der Waals surface area contributed by atoms with Gasteiger partial charge in [-0.2, -0.15) is 17.5 Å². The molecule has 2 amide bonds. The number of carbonyl (C=O) groups is 3. The van der Waals surface area contributed by atoms with Crippen molar-refractivity contribution < 1.29 is 54.9 Å². The van der Waals surface area contributed by atoms with Crippen LogP contribution in [0.25, 0.3) is 0 Å². The summed E-state index contributed by atoms with van der Waals surface area (Å²) in [6.45, 7) is 0.861. The SMILES string of the molecule is COc1cc(F)c(O[C@H]2CC[C@@](C)(C(=O)O)CC2)cc1C(=O)N[C@@H]1[C@H]2CC[C@H](C2)[C@@H]1C(=O)N[C@H]1CCCN(S(=O)(=O)C(F)(F)F)C1. The van der Waals surface area contributed by atoms with E-state index < -0.39 is 75.2 Å². The number of piperidine rings is 1. The summed E-state index contributed by atoms with van der Waals surface area (Å²) in [6, 6.07) is 0.826. The molecule has 4 aliphatic rings. The first-order chi connectivity index (χ1) is 21.5. The van der Waals surface area contributed by atoms with E-state index in [1.807, 2.05) is 0 Å². The molecule has 46 heavy (non-hydrogen) atoms. The molecule has 0 spiro atoms. The molecule has 3 N–H and O–H groups in total.